The minimum Gasteiger partial charge on any atom is -0.462 e. The number of nitrogens with zero attached hydrogens (tertiary/aromatic N) is 1. The van der Waals surface area contributed by atoms with Crippen molar-refractivity contribution < 1.29 is 18.3 Å². The second kappa shape index (κ2) is 5.67. The van der Waals surface area contributed by atoms with Gasteiger partial charge in [0.05, 0.1) is 22.2 Å². The van der Waals surface area contributed by atoms with Gasteiger partial charge in [-0.25, -0.2) is 18.6 Å². The highest BCUT2D eigenvalue weighted by molar-refractivity contribution is 9.11. The van der Waals surface area contributed by atoms with Gasteiger partial charge in [-0.2, -0.15) is 0 Å². The second-order valence-corrected chi connectivity index (χ2v) is 4.31. The monoisotopic (exact) mass is 357 g/mol. The van der Waals surface area contributed by atoms with Crippen molar-refractivity contribution in [2.75, 3.05) is 6.61 Å². The first-order chi connectivity index (χ1) is 7.49. The Hall–Kier alpha value is -0.560. The average Bonchev–Trinajstić information content (AvgIpc) is 2.20. The summed E-state index contributed by atoms with van der Waals surface area (Å²) in [5.41, 5.74) is -0.661. The molecule has 0 N–H and O–H groups in total. The molecule has 1 aromatic heterocycles. The molecule has 0 atom stereocenters. The zero-order valence-corrected chi connectivity index (χ0v) is 11.3. The van der Waals surface area contributed by atoms with Crippen LogP contribution in [0.2, 0.25) is 0 Å². The van der Waals surface area contributed by atoms with Crippen LogP contribution in [0.3, 0.4) is 0 Å². The third-order valence-corrected chi connectivity index (χ3v) is 2.95. The molecule has 16 heavy (non-hydrogen) atoms. The van der Waals surface area contributed by atoms with Crippen molar-refractivity contribution in [2.24, 2.45) is 0 Å². The van der Waals surface area contributed by atoms with E-state index in [1.807, 2.05) is 0 Å². The lowest BCUT2D eigenvalue weighted by molar-refractivity contribution is 0.0513. The maximum absolute atomic E-state index is 12.8. The SMILES string of the molecule is CCOC(=O)c1c(Br)cnc(Br)c1C(F)F. The van der Waals surface area contributed by atoms with E-state index in [1.54, 1.807) is 6.92 Å². The van der Waals surface area contributed by atoms with Crippen LogP contribution in [0.15, 0.2) is 15.3 Å². The lowest BCUT2D eigenvalue weighted by Gasteiger charge is -2.11. The van der Waals surface area contributed by atoms with Crippen molar-refractivity contribution in [2.45, 2.75) is 13.3 Å². The highest BCUT2D eigenvalue weighted by atomic mass is 79.9. The topological polar surface area (TPSA) is 39.2 Å². The quantitative estimate of drug-likeness (QED) is 0.610. The van der Waals surface area contributed by atoms with E-state index in [1.165, 1.54) is 6.20 Å². The fraction of sp³-hybridized carbons (Fsp3) is 0.333. The summed E-state index contributed by atoms with van der Waals surface area (Å²) in [6, 6.07) is 0. The molecule has 0 amide bonds. The first-order valence-electron chi connectivity index (χ1n) is 4.28. The number of ether oxygens (including phenoxy) is 1. The van der Waals surface area contributed by atoms with Crippen molar-refractivity contribution >= 4 is 37.8 Å². The predicted octanol–water partition coefficient (Wildman–Crippen LogP) is 3.72. The number of pyridine rings is 1. The molecule has 0 aliphatic carbocycles. The van der Waals surface area contributed by atoms with Crippen LogP contribution in [0, 0.1) is 0 Å². The minimum absolute atomic E-state index is 0.0613. The summed E-state index contributed by atoms with van der Waals surface area (Å²) in [6.45, 7) is 1.72. The molecule has 0 bridgehead atoms. The number of rotatable bonds is 3. The number of esters is 1. The van der Waals surface area contributed by atoms with Gasteiger partial charge in [0.15, 0.2) is 0 Å². The van der Waals surface area contributed by atoms with Crippen molar-refractivity contribution in [1.82, 2.24) is 4.98 Å². The number of halogens is 4. The van der Waals surface area contributed by atoms with Crippen LogP contribution >= 0.6 is 31.9 Å². The van der Waals surface area contributed by atoms with E-state index in [4.69, 9.17) is 4.74 Å². The average molecular weight is 359 g/mol. The lowest BCUT2D eigenvalue weighted by atomic mass is 10.1. The van der Waals surface area contributed by atoms with Gasteiger partial charge in [-0.05, 0) is 38.8 Å². The molecule has 0 aliphatic heterocycles. The Morgan fingerprint density at radius 2 is 2.19 bits per heavy atom. The van der Waals surface area contributed by atoms with Gasteiger partial charge in [0.25, 0.3) is 6.43 Å². The number of carbonyl (C=O) groups excluding carboxylic acids is 1. The summed E-state index contributed by atoms with van der Waals surface area (Å²) in [4.78, 5) is 15.2. The van der Waals surface area contributed by atoms with Gasteiger partial charge in [-0.15, -0.1) is 0 Å². The molecule has 0 saturated heterocycles. The molecule has 0 radical (unpaired) electrons. The van der Waals surface area contributed by atoms with Crippen molar-refractivity contribution in [3.05, 3.63) is 26.4 Å². The molecule has 0 fully saturated rings. The Balaban J connectivity index is 3.34. The predicted molar refractivity (Wildman–Crippen MR) is 60.6 cm³/mol. The van der Waals surface area contributed by atoms with Crippen LogP contribution in [0.25, 0.3) is 0 Å². The lowest BCUT2D eigenvalue weighted by Crippen LogP contribution is -2.11. The Morgan fingerprint density at radius 1 is 1.56 bits per heavy atom. The molecule has 0 unspecified atom stereocenters. The summed E-state index contributed by atoms with van der Waals surface area (Å²) in [5.74, 6) is -0.798. The Bertz CT molecular complexity index is 413. The molecule has 7 heteroatoms. The summed E-state index contributed by atoms with van der Waals surface area (Å²) in [7, 11) is 0. The molecule has 88 valence electrons. The van der Waals surface area contributed by atoms with Crippen LogP contribution in [0.5, 0.6) is 0 Å². The highest BCUT2D eigenvalue weighted by Crippen LogP contribution is 2.33. The maximum Gasteiger partial charge on any atom is 0.339 e. The molecule has 0 aromatic carbocycles. The first kappa shape index (κ1) is 13.5. The summed E-state index contributed by atoms with van der Waals surface area (Å²) in [6.07, 6.45) is -1.54. The van der Waals surface area contributed by atoms with E-state index in [0.29, 0.717) is 0 Å². The summed E-state index contributed by atoms with van der Waals surface area (Å²) < 4.78 is 30.4. The summed E-state index contributed by atoms with van der Waals surface area (Å²) >= 11 is 5.88. The molecular formula is C9H7Br2F2NO2. The van der Waals surface area contributed by atoms with E-state index < -0.39 is 18.0 Å². The van der Waals surface area contributed by atoms with Gasteiger partial charge >= 0.3 is 5.97 Å². The molecule has 0 aliphatic rings. The Kier molecular flexibility index (Phi) is 4.79. The van der Waals surface area contributed by atoms with Crippen molar-refractivity contribution in [3.63, 3.8) is 0 Å². The first-order valence-corrected chi connectivity index (χ1v) is 5.86. The van der Waals surface area contributed by atoms with E-state index in [9.17, 15) is 13.6 Å². The number of alkyl halides is 2. The molecule has 0 spiro atoms. The van der Waals surface area contributed by atoms with Crippen molar-refractivity contribution in [1.29, 1.82) is 0 Å². The third kappa shape index (κ3) is 2.76. The van der Waals surface area contributed by atoms with Gasteiger partial charge < -0.3 is 4.74 Å². The van der Waals surface area contributed by atoms with Gasteiger partial charge in [0, 0.05) is 6.20 Å². The standard InChI is InChI=1S/C9H7Br2F2NO2/c1-2-16-9(15)5-4(10)3-14-7(11)6(5)8(12)13/h3,8H,2H2,1H3. The molecule has 1 rings (SSSR count). The Morgan fingerprint density at radius 3 is 2.69 bits per heavy atom. The van der Waals surface area contributed by atoms with Crippen LogP contribution in [-0.4, -0.2) is 17.6 Å². The number of hydrogen-bond acceptors (Lipinski definition) is 3. The van der Waals surface area contributed by atoms with E-state index >= 15 is 0 Å². The molecule has 1 aromatic rings. The fourth-order valence-corrected chi connectivity index (χ4v) is 2.04. The van der Waals surface area contributed by atoms with Gasteiger partial charge in [0.2, 0.25) is 0 Å². The maximum atomic E-state index is 12.8. The Labute approximate surface area is 107 Å². The van der Waals surface area contributed by atoms with E-state index in [-0.39, 0.29) is 21.2 Å². The molecule has 0 saturated carbocycles. The molecule has 1 heterocycles. The normalized spacial score (nSPS) is 10.6. The van der Waals surface area contributed by atoms with Gasteiger partial charge in [-0.3, -0.25) is 0 Å². The second-order valence-electron chi connectivity index (χ2n) is 2.71. The highest BCUT2D eigenvalue weighted by Gasteiger charge is 2.25. The smallest absolute Gasteiger partial charge is 0.339 e. The van der Waals surface area contributed by atoms with Crippen LogP contribution in [-0.2, 0) is 4.74 Å². The van der Waals surface area contributed by atoms with Crippen molar-refractivity contribution in [3.8, 4) is 0 Å². The number of hydrogen-bond donors (Lipinski definition) is 0. The van der Waals surface area contributed by atoms with E-state index in [0.717, 1.165) is 0 Å². The molecular weight excluding hydrogens is 352 g/mol. The largest absolute Gasteiger partial charge is 0.462 e. The zero-order valence-electron chi connectivity index (χ0n) is 8.14. The van der Waals surface area contributed by atoms with Crippen LogP contribution in [0.4, 0.5) is 8.78 Å². The van der Waals surface area contributed by atoms with Crippen LogP contribution < -0.4 is 0 Å². The number of aromatic nitrogens is 1. The minimum atomic E-state index is -2.81. The number of carbonyl (C=O) groups is 1. The van der Waals surface area contributed by atoms with Crippen LogP contribution in [0.1, 0.15) is 29.3 Å². The van der Waals surface area contributed by atoms with E-state index in [2.05, 4.69) is 36.8 Å². The third-order valence-electron chi connectivity index (χ3n) is 1.72. The van der Waals surface area contributed by atoms with Gasteiger partial charge in [0.1, 0.15) is 4.60 Å². The van der Waals surface area contributed by atoms with Gasteiger partial charge in [-0.1, -0.05) is 0 Å². The summed E-state index contributed by atoms with van der Waals surface area (Å²) in [5, 5.41) is 0. The molecule has 3 nitrogen and oxygen atoms in total. The fourth-order valence-electron chi connectivity index (χ4n) is 1.09. The zero-order chi connectivity index (χ0) is 12.3.